The van der Waals surface area contributed by atoms with Crippen LogP contribution in [0.1, 0.15) is 51.0 Å². The average molecular weight is 309 g/mol. The van der Waals surface area contributed by atoms with Crippen LogP contribution in [0.15, 0.2) is 17.3 Å². The average Bonchev–Trinajstić information content (AvgIpc) is 2.69. The molecule has 2 aromatic heterocycles. The van der Waals surface area contributed by atoms with E-state index in [0.29, 0.717) is 16.1 Å². The molecule has 2 aromatic rings. The standard InChI is InChI=1S/C13H17BrN4/c1-13(2)5-3-9(4-6-13)10-7-15-8-18-11(10)16-12(14)17-18/h7-9H,3-6H2,1-2H3. The molecule has 0 unspecified atom stereocenters. The highest BCUT2D eigenvalue weighted by Crippen LogP contribution is 2.42. The zero-order chi connectivity index (χ0) is 12.8. The summed E-state index contributed by atoms with van der Waals surface area (Å²) in [5.74, 6) is 0.574. The predicted molar refractivity (Wildman–Crippen MR) is 73.5 cm³/mol. The van der Waals surface area contributed by atoms with Crippen LogP contribution in [-0.2, 0) is 0 Å². The SMILES string of the molecule is CC1(C)CCC(c2cncn3nc(Br)nc23)CC1. The Balaban J connectivity index is 1.95. The summed E-state index contributed by atoms with van der Waals surface area (Å²) in [7, 11) is 0. The van der Waals surface area contributed by atoms with Crippen LogP contribution >= 0.6 is 15.9 Å². The molecular weight excluding hydrogens is 292 g/mol. The van der Waals surface area contributed by atoms with Crippen molar-refractivity contribution in [3.8, 4) is 0 Å². The Kier molecular flexibility index (Phi) is 2.88. The molecule has 0 atom stereocenters. The van der Waals surface area contributed by atoms with E-state index in [0.717, 1.165) is 5.65 Å². The van der Waals surface area contributed by atoms with Gasteiger partial charge in [0.15, 0.2) is 5.65 Å². The summed E-state index contributed by atoms with van der Waals surface area (Å²) >= 11 is 3.33. The summed E-state index contributed by atoms with van der Waals surface area (Å²) in [5, 5.41) is 4.26. The Bertz CT molecular complexity index is 565. The van der Waals surface area contributed by atoms with Gasteiger partial charge < -0.3 is 0 Å². The molecule has 0 saturated heterocycles. The first-order valence-electron chi connectivity index (χ1n) is 6.41. The molecule has 1 fully saturated rings. The maximum Gasteiger partial charge on any atom is 0.218 e. The van der Waals surface area contributed by atoms with Gasteiger partial charge in [-0.05, 0) is 52.9 Å². The van der Waals surface area contributed by atoms with Gasteiger partial charge in [0.2, 0.25) is 4.73 Å². The minimum atomic E-state index is 0.489. The van der Waals surface area contributed by atoms with Crippen LogP contribution in [0.5, 0.6) is 0 Å². The quantitative estimate of drug-likeness (QED) is 0.809. The van der Waals surface area contributed by atoms with Gasteiger partial charge in [-0.3, -0.25) is 0 Å². The lowest BCUT2D eigenvalue weighted by molar-refractivity contribution is 0.224. The Morgan fingerprint density at radius 3 is 2.78 bits per heavy atom. The number of hydrogen-bond donors (Lipinski definition) is 0. The summed E-state index contributed by atoms with van der Waals surface area (Å²) < 4.78 is 2.40. The molecule has 0 spiro atoms. The van der Waals surface area contributed by atoms with Crippen LogP contribution in [0.4, 0.5) is 0 Å². The number of aromatic nitrogens is 4. The first kappa shape index (κ1) is 12.1. The molecule has 0 N–H and O–H groups in total. The van der Waals surface area contributed by atoms with Gasteiger partial charge in [0.05, 0.1) is 0 Å². The molecule has 18 heavy (non-hydrogen) atoms. The third-order valence-corrected chi connectivity index (χ3v) is 4.37. The van der Waals surface area contributed by atoms with Crippen molar-refractivity contribution in [2.24, 2.45) is 5.41 Å². The number of hydrogen-bond acceptors (Lipinski definition) is 3. The lowest BCUT2D eigenvalue weighted by Gasteiger charge is -2.34. The van der Waals surface area contributed by atoms with Gasteiger partial charge in [-0.25, -0.2) is 14.5 Å². The van der Waals surface area contributed by atoms with E-state index in [4.69, 9.17) is 0 Å². The molecule has 0 bridgehead atoms. The summed E-state index contributed by atoms with van der Waals surface area (Å²) in [6.45, 7) is 4.71. The fourth-order valence-electron chi connectivity index (χ4n) is 2.81. The second-order valence-corrected chi connectivity index (χ2v) is 6.65. The van der Waals surface area contributed by atoms with Crippen LogP contribution in [0.2, 0.25) is 0 Å². The van der Waals surface area contributed by atoms with Gasteiger partial charge in [-0.15, -0.1) is 5.10 Å². The van der Waals surface area contributed by atoms with Crippen molar-refractivity contribution in [2.75, 3.05) is 0 Å². The van der Waals surface area contributed by atoms with E-state index in [-0.39, 0.29) is 0 Å². The van der Waals surface area contributed by atoms with Crippen molar-refractivity contribution < 1.29 is 0 Å². The Morgan fingerprint density at radius 2 is 2.06 bits per heavy atom. The van der Waals surface area contributed by atoms with E-state index >= 15 is 0 Å². The van der Waals surface area contributed by atoms with E-state index in [1.165, 1.54) is 31.2 Å². The van der Waals surface area contributed by atoms with E-state index in [9.17, 15) is 0 Å². The summed E-state index contributed by atoms with van der Waals surface area (Å²) in [6.07, 6.45) is 8.66. The molecular formula is C13H17BrN4. The van der Waals surface area contributed by atoms with E-state index < -0.39 is 0 Å². The fraction of sp³-hybridized carbons (Fsp3) is 0.615. The normalized spacial score (nSPS) is 20.4. The molecule has 1 aliphatic rings. The van der Waals surface area contributed by atoms with Gasteiger partial charge in [0.25, 0.3) is 0 Å². The molecule has 1 saturated carbocycles. The topological polar surface area (TPSA) is 43.1 Å². The van der Waals surface area contributed by atoms with Crippen LogP contribution in [0, 0.1) is 5.41 Å². The maximum absolute atomic E-state index is 4.45. The highest BCUT2D eigenvalue weighted by molar-refractivity contribution is 9.10. The Hall–Kier alpha value is -0.970. The summed E-state index contributed by atoms with van der Waals surface area (Å²) in [6, 6.07) is 0. The van der Waals surface area contributed by atoms with Crippen molar-refractivity contribution in [3.63, 3.8) is 0 Å². The molecule has 2 heterocycles. The number of fused-ring (bicyclic) bond motifs is 1. The molecule has 4 nitrogen and oxygen atoms in total. The van der Waals surface area contributed by atoms with E-state index in [2.05, 4.69) is 44.8 Å². The highest BCUT2D eigenvalue weighted by atomic mass is 79.9. The number of rotatable bonds is 1. The van der Waals surface area contributed by atoms with Crippen molar-refractivity contribution >= 4 is 21.6 Å². The van der Waals surface area contributed by atoms with Gasteiger partial charge >= 0.3 is 0 Å². The van der Waals surface area contributed by atoms with E-state index in [1.54, 1.807) is 10.8 Å². The zero-order valence-electron chi connectivity index (χ0n) is 10.7. The van der Waals surface area contributed by atoms with Crippen molar-refractivity contribution in [1.82, 2.24) is 19.6 Å². The number of halogens is 1. The minimum Gasteiger partial charge on any atom is -0.244 e. The summed E-state index contributed by atoms with van der Waals surface area (Å²) in [5.41, 5.74) is 2.68. The molecule has 3 rings (SSSR count). The molecule has 1 aliphatic carbocycles. The van der Waals surface area contributed by atoms with Crippen molar-refractivity contribution in [1.29, 1.82) is 0 Å². The number of nitrogens with zero attached hydrogens (tertiary/aromatic N) is 4. The highest BCUT2D eigenvalue weighted by Gasteiger charge is 2.29. The third-order valence-electron chi connectivity index (χ3n) is 4.03. The molecule has 0 amide bonds. The maximum atomic E-state index is 4.45. The van der Waals surface area contributed by atoms with E-state index in [1.807, 2.05) is 6.20 Å². The fourth-order valence-corrected chi connectivity index (χ4v) is 3.15. The van der Waals surface area contributed by atoms with Gasteiger partial charge in [-0.1, -0.05) is 13.8 Å². The van der Waals surface area contributed by atoms with Crippen LogP contribution in [-0.4, -0.2) is 19.6 Å². The first-order chi connectivity index (χ1) is 8.55. The largest absolute Gasteiger partial charge is 0.244 e. The third kappa shape index (κ3) is 2.16. The molecule has 0 radical (unpaired) electrons. The minimum absolute atomic E-state index is 0.489. The van der Waals surface area contributed by atoms with Crippen LogP contribution in [0.25, 0.3) is 5.65 Å². The van der Waals surface area contributed by atoms with Gasteiger partial charge in [0, 0.05) is 11.8 Å². The molecule has 0 aromatic carbocycles. The lowest BCUT2D eigenvalue weighted by atomic mass is 9.71. The predicted octanol–water partition coefficient (Wildman–Crippen LogP) is 3.57. The molecule has 0 aliphatic heterocycles. The van der Waals surface area contributed by atoms with Crippen molar-refractivity contribution in [2.45, 2.75) is 45.4 Å². The van der Waals surface area contributed by atoms with Gasteiger partial charge in [-0.2, -0.15) is 0 Å². The zero-order valence-corrected chi connectivity index (χ0v) is 12.3. The first-order valence-corrected chi connectivity index (χ1v) is 7.20. The Labute approximate surface area is 115 Å². The molecule has 96 valence electrons. The van der Waals surface area contributed by atoms with Crippen LogP contribution < -0.4 is 0 Å². The van der Waals surface area contributed by atoms with Crippen LogP contribution in [0.3, 0.4) is 0 Å². The monoisotopic (exact) mass is 308 g/mol. The second kappa shape index (κ2) is 4.30. The second-order valence-electron chi connectivity index (χ2n) is 5.94. The van der Waals surface area contributed by atoms with Gasteiger partial charge in [0.1, 0.15) is 6.33 Å². The molecule has 5 heteroatoms. The smallest absolute Gasteiger partial charge is 0.218 e. The van der Waals surface area contributed by atoms with Crippen molar-refractivity contribution in [3.05, 3.63) is 22.8 Å². The summed E-state index contributed by atoms with van der Waals surface area (Å²) in [4.78, 5) is 8.73. The Morgan fingerprint density at radius 1 is 1.33 bits per heavy atom. The lowest BCUT2D eigenvalue weighted by Crippen LogP contribution is -2.20.